The number of nitrogens with one attached hydrogen (secondary N) is 1. The van der Waals surface area contributed by atoms with E-state index in [2.05, 4.69) is 5.32 Å². The van der Waals surface area contributed by atoms with E-state index in [0.29, 0.717) is 13.0 Å². The van der Waals surface area contributed by atoms with Crippen LogP contribution in [0.15, 0.2) is 30.3 Å². The fourth-order valence-electron chi connectivity index (χ4n) is 1.75. The zero-order valence-electron chi connectivity index (χ0n) is 9.63. The highest BCUT2D eigenvalue weighted by Gasteiger charge is 2.17. The molecule has 1 rings (SSSR count). The third kappa shape index (κ3) is 4.71. The fraction of sp³-hybridized carbons (Fsp3) is 0.538. The topological polar surface area (TPSA) is 12.0 Å². The highest BCUT2D eigenvalue weighted by molar-refractivity contribution is 5.14. The van der Waals surface area contributed by atoms with Crippen LogP contribution in [0.2, 0.25) is 0 Å². The molecule has 0 aliphatic carbocycles. The molecule has 3 heteroatoms. The molecule has 0 radical (unpaired) electrons. The Labute approximate surface area is 95.9 Å². The Morgan fingerprint density at radius 2 is 1.88 bits per heavy atom. The quantitative estimate of drug-likeness (QED) is 0.754. The molecule has 0 heterocycles. The Kier molecular flexibility index (Phi) is 6.01. The molecule has 0 bridgehead atoms. The van der Waals surface area contributed by atoms with Crippen LogP contribution in [0.3, 0.4) is 0 Å². The highest BCUT2D eigenvalue weighted by Crippen LogP contribution is 2.11. The van der Waals surface area contributed by atoms with Crippen molar-refractivity contribution in [1.82, 2.24) is 5.32 Å². The summed E-state index contributed by atoms with van der Waals surface area (Å²) in [5, 5.41) is 2.82. The van der Waals surface area contributed by atoms with E-state index in [1.807, 2.05) is 37.3 Å². The van der Waals surface area contributed by atoms with Crippen LogP contribution in [0.5, 0.6) is 0 Å². The van der Waals surface area contributed by atoms with Crippen molar-refractivity contribution in [2.45, 2.75) is 38.7 Å². The summed E-state index contributed by atoms with van der Waals surface area (Å²) in [6.07, 6.45) is -0.0715. The molecule has 1 aromatic carbocycles. The first kappa shape index (κ1) is 13.1. The summed E-state index contributed by atoms with van der Waals surface area (Å²) in [5.41, 5.74) is 1.21. The molecule has 0 aliphatic rings. The van der Waals surface area contributed by atoms with Gasteiger partial charge in [0, 0.05) is 0 Å². The third-order valence-corrected chi connectivity index (χ3v) is 2.59. The minimum absolute atomic E-state index is 0.528. The monoisotopic (exact) mass is 227 g/mol. The second kappa shape index (κ2) is 7.34. The summed E-state index contributed by atoms with van der Waals surface area (Å²) < 4.78 is 25.1. The normalized spacial score (nSPS) is 13.0. The van der Waals surface area contributed by atoms with Crippen LogP contribution in [0.4, 0.5) is 8.78 Å². The molecule has 0 spiro atoms. The maximum absolute atomic E-state index is 12.5. The maximum atomic E-state index is 12.5. The van der Waals surface area contributed by atoms with E-state index in [0.717, 1.165) is 12.8 Å². The lowest BCUT2D eigenvalue weighted by Gasteiger charge is -2.16. The average molecular weight is 227 g/mol. The van der Waals surface area contributed by atoms with Crippen molar-refractivity contribution in [1.29, 1.82) is 0 Å². The lowest BCUT2D eigenvalue weighted by atomic mass is 10.0. The number of hydrogen-bond acceptors (Lipinski definition) is 1. The van der Waals surface area contributed by atoms with Crippen LogP contribution in [-0.4, -0.2) is 19.0 Å². The molecule has 1 N–H and O–H groups in total. The van der Waals surface area contributed by atoms with Crippen molar-refractivity contribution in [3.63, 3.8) is 0 Å². The predicted molar refractivity (Wildman–Crippen MR) is 62.8 cm³/mol. The van der Waals surface area contributed by atoms with Crippen LogP contribution in [-0.2, 0) is 6.42 Å². The zero-order chi connectivity index (χ0) is 11.8. The fourth-order valence-corrected chi connectivity index (χ4v) is 1.75. The number of alkyl halides is 2. The summed E-state index contributed by atoms with van der Waals surface area (Å²) in [4.78, 5) is 0. The van der Waals surface area contributed by atoms with Gasteiger partial charge in [0.25, 0.3) is 6.43 Å². The molecule has 0 aliphatic heterocycles. The summed E-state index contributed by atoms with van der Waals surface area (Å²) in [6, 6.07) is 9.32. The minimum atomic E-state index is -2.27. The Bertz CT molecular complexity index is 275. The summed E-state index contributed by atoms with van der Waals surface area (Å²) >= 11 is 0. The zero-order valence-corrected chi connectivity index (χ0v) is 9.63. The first-order valence-electron chi connectivity index (χ1n) is 5.79. The lowest BCUT2D eigenvalue weighted by molar-refractivity contribution is 0.0940. The van der Waals surface area contributed by atoms with Gasteiger partial charge in [-0.15, -0.1) is 0 Å². The van der Waals surface area contributed by atoms with Crippen LogP contribution in [0, 0.1) is 0 Å². The molecule has 0 saturated carbocycles. The first-order chi connectivity index (χ1) is 7.74. The second-order valence-electron chi connectivity index (χ2n) is 3.88. The SMILES string of the molecule is CCNC(CCCc1ccccc1)C(F)F. The first-order valence-corrected chi connectivity index (χ1v) is 5.79. The van der Waals surface area contributed by atoms with Gasteiger partial charge in [0.05, 0.1) is 6.04 Å². The Morgan fingerprint density at radius 3 is 2.44 bits per heavy atom. The molecular formula is C13H19F2N. The van der Waals surface area contributed by atoms with Crippen molar-refractivity contribution < 1.29 is 8.78 Å². The van der Waals surface area contributed by atoms with Crippen molar-refractivity contribution in [2.24, 2.45) is 0 Å². The number of hydrogen-bond donors (Lipinski definition) is 1. The van der Waals surface area contributed by atoms with E-state index in [9.17, 15) is 8.78 Å². The Morgan fingerprint density at radius 1 is 1.19 bits per heavy atom. The van der Waals surface area contributed by atoms with Gasteiger partial charge >= 0.3 is 0 Å². The van der Waals surface area contributed by atoms with Gasteiger partial charge in [0.15, 0.2) is 0 Å². The van der Waals surface area contributed by atoms with Gasteiger partial charge in [0.1, 0.15) is 0 Å². The largest absolute Gasteiger partial charge is 0.309 e. The third-order valence-electron chi connectivity index (χ3n) is 2.59. The minimum Gasteiger partial charge on any atom is -0.309 e. The van der Waals surface area contributed by atoms with Crippen LogP contribution >= 0.6 is 0 Å². The van der Waals surface area contributed by atoms with E-state index in [1.165, 1.54) is 5.56 Å². The van der Waals surface area contributed by atoms with Crippen LogP contribution in [0.25, 0.3) is 0 Å². The molecule has 0 saturated heterocycles. The second-order valence-corrected chi connectivity index (χ2v) is 3.88. The molecule has 16 heavy (non-hydrogen) atoms. The number of benzene rings is 1. The van der Waals surface area contributed by atoms with Gasteiger partial charge < -0.3 is 5.32 Å². The molecule has 90 valence electrons. The van der Waals surface area contributed by atoms with Crippen molar-refractivity contribution >= 4 is 0 Å². The molecule has 0 aromatic heterocycles. The van der Waals surface area contributed by atoms with Crippen LogP contribution in [0.1, 0.15) is 25.3 Å². The lowest BCUT2D eigenvalue weighted by Crippen LogP contribution is -2.35. The van der Waals surface area contributed by atoms with Gasteiger partial charge in [-0.3, -0.25) is 0 Å². The van der Waals surface area contributed by atoms with Gasteiger partial charge in [-0.05, 0) is 31.4 Å². The van der Waals surface area contributed by atoms with Crippen molar-refractivity contribution in [2.75, 3.05) is 6.54 Å². The molecular weight excluding hydrogens is 208 g/mol. The molecule has 1 atom stereocenters. The van der Waals surface area contributed by atoms with E-state index < -0.39 is 12.5 Å². The molecule has 1 nitrogen and oxygen atoms in total. The highest BCUT2D eigenvalue weighted by atomic mass is 19.3. The molecule has 1 unspecified atom stereocenters. The van der Waals surface area contributed by atoms with E-state index in [4.69, 9.17) is 0 Å². The summed E-state index contributed by atoms with van der Waals surface area (Å²) in [5.74, 6) is 0. The molecule has 0 fully saturated rings. The standard InChI is InChI=1S/C13H19F2N/c1-2-16-12(13(14)15)10-6-9-11-7-4-3-5-8-11/h3-5,7-8,12-13,16H,2,6,9-10H2,1H3. The van der Waals surface area contributed by atoms with Crippen LogP contribution < -0.4 is 5.32 Å². The Hall–Kier alpha value is -0.960. The predicted octanol–water partition coefficient (Wildman–Crippen LogP) is 3.25. The molecule has 0 amide bonds. The van der Waals surface area contributed by atoms with Gasteiger partial charge in [-0.25, -0.2) is 8.78 Å². The summed E-state index contributed by atoms with van der Waals surface area (Å²) in [6.45, 7) is 2.45. The number of aryl methyl sites for hydroxylation is 1. The number of rotatable bonds is 7. The van der Waals surface area contributed by atoms with Gasteiger partial charge in [0.2, 0.25) is 0 Å². The average Bonchev–Trinajstić information content (AvgIpc) is 2.29. The van der Waals surface area contributed by atoms with E-state index >= 15 is 0 Å². The van der Waals surface area contributed by atoms with Gasteiger partial charge in [-0.1, -0.05) is 37.3 Å². The van der Waals surface area contributed by atoms with Crippen molar-refractivity contribution in [3.8, 4) is 0 Å². The Balaban J connectivity index is 2.28. The smallest absolute Gasteiger partial charge is 0.253 e. The number of halogens is 2. The molecule has 1 aromatic rings. The van der Waals surface area contributed by atoms with Gasteiger partial charge in [-0.2, -0.15) is 0 Å². The summed E-state index contributed by atoms with van der Waals surface area (Å²) in [7, 11) is 0. The van der Waals surface area contributed by atoms with E-state index in [1.54, 1.807) is 0 Å². The maximum Gasteiger partial charge on any atom is 0.253 e. The van der Waals surface area contributed by atoms with Crippen molar-refractivity contribution in [3.05, 3.63) is 35.9 Å². The van der Waals surface area contributed by atoms with E-state index in [-0.39, 0.29) is 0 Å².